The molecule has 1 saturated carbocycles. The number of rotatable bonds is 3. The summed E-state index contributed by atoms with van der Waals surface area (Å²) in [6.45, 7) is 0. The van der Waals surface area contributed by atoms with E-state index in [0.29, 0.717) is 0 Å². The zero-order chi connectivity index (χ0) is 23.7. The van der Waals surface area contributed by atoms with Gasteiger partial charge in [-0.1, -0.05) is 23.2 Å². The van der Waals surface area contributed by atoms with Crippen LogP contribution in [0.3, 0.4) is 0 Å². The Kier molecular flexibility index (Phi) is 4.66. The van der Waals surface area contributed by atoms with Gasteiger partial charge in [0, 0.05) is 23.0 Å². The highest BCUT2D eigenvalue weighted by molar-refractivity contribution is 6.37. The Balaban J connectivity index is 1.54. The van der Waals surface area contributed by atoms with Crippen molar-refractivity contribution in [1.82, 2.24) is 25.0 Å². The predicted octanol–water partition coefficient (Wildman–Crippen LogP) is 1.95. The van der Waals surface area contributed by atoms with Crippen molar-refractivity contribution in [3.8, 4) is 23.4 Å². The molecular formula is C19H10Cl2F2N6O4. The molecule has 168 valence electrons. The van der Waals surface area contributed by atoms with Gasteiger partial charge in [0.2, 0.25) is 11.6 Å². The van der Waals surface area contributed by atoms with Crippen LogP contribution in [0.25, 0.3) is 5.69 Å². The molecule has 2 N–H and O–H groups in total. The predicted molar refractivity (Wildman–Crippen MR) is 109 cm³/mol. The summed E-state index contributed by atoms with van der Waals surface area (Å²) in [5.41, 5.74) is -2.55. The lowest BCUT2D eigenvalue weighted by Crippen LogP contribution is -2.33. The van der Waals surface area contributed by atoms with Gasteiger partial charge in [-0.25, -0.2) is 18.7 Å². The van der Waals surface area contributed by atoms with E-state index < -0.39 is 40.3 Å². The number of hydrogen-bond acceptors (Lipinski definition) is 7. The topological polar surface area (TPSA) is 147 Å². The number of alkyl halides is 2. The zero-order valence-corrected chi connectivity index (χ0v) is 17.7. The molecule has 0 radical (unpaired) electrons. The van der Waals surface area contributed by atoms with Gasteiger partial charge >= 0.3 is 5.69 Å². The summed E-state index contributed by atoms with van der Waals surface area (Å²) in [5, 5.41) is 18.5. The number of hydrogen-bond donors (Lipinski definition) is 2. The highest BCUT2D eigenvalue weighted by atomic mass is 35.5. The van der Waals surface area contributed by atoms with E-state index in [0.717, 1.165) is 4.68 Å². The molecule has 2 heterocycles. The minimum Gasteiger partial charge on any atom is -0.434 e. The van der Waals surface area contributed by atoms with Crippen molar-refractivity contribution in [2.75, 3.05) is 0 Å². The number of nitrogens with zero attached hydrogens (tertiary/aromatic N) is 4. The van der Waals surface area contributed by atoms with Crippen molar-refractivity contribution in [2.24, 2.45) is 11.8 Å². The van der Waals surface area contributed by atoms with Crippen molar-refractivity contribution < 1.29 is 13.5 Å². The third-order valence-electron chi connectivity index (χ3n) is 5.73. The molecule has 1 fully saturated rings. The molecule has 0 aliphatic heterocycles. The largest absolute Gasteiger partial charge is 0.434 e. The summed E-state index contributed by atoms with van der Waals surface area (Å²) in [6, 6.07) is 4.03. The van der Waals surface area contributed by atoms with Crippen LogP contribution in [0.1, 0.15) is 16.8 Å². The van der Waals surface area contributed by atoms with Crippen molar-refractivity contribution in [2.45, 2.75) is 18.8 Å². The third-order valence-corrected chi connectivity index (χ3v) is 6.29. The molecule has 0 saturated heterocycles. The van der Waals surface area contributed by atoms with Crippen LogP contribution in [0.2, 0.25) is 10.0 Å². The number of aromatic nitrogens is 5. The van der Waals surface area contributed by atoms with Crippen molar-refractivity contribution in [3.63, 3.8) is 0 Å². The number of nitrogens with one attached hydrogen (secondary N) is 2. The van der Waals surface area contributed by atoms with E-state index in [1.54, 1.807) is 6.07 Å². The fraction of sp³-hybridized carbons (Fsp3) is 0.263. The molecule has 3 aromatic rings. The van der Waals surface area contributed by atoms with Gasteiger partial charge in [0.05, 0.1) is 15.7 Å². The zero-order valence-electron chi connectivity index (χ0n) is 16.2. The molecule has 5 rings (SSSR count). The molecule has 2 atom stereocenters. The maximum Gasteiger partial charge on any atom is 0.349 e. The van der Waals surface area contributed by atoms with Gasteiger partial charge in [-0.2, -0.15) is 9.94 Å². The molecule has 2 aromatic heterocycles. The van der Waals surface area contributed by atoms with Crippen molar-refractivity contribution in [1.29, 1.82) is 5.26 Å². The number of benzene rings is 1. The van der Waals surface area contributed by atoms with Gasteiger partial charge < -0.3 is 4.74 Å². The molecule has 2 aliphatic rings. The second-order valence-corrected chi connectivity index (χ2v) is 8.40. The Morgan fingerprint density at radius 3 is 2.39 bits per heavy atom. The lowest BCUT2D eigenvalue weighted by atomic mass is 9.94. The van der Waals surface area contributed by atoms with E-state index in [1.807, 2.05) is 4.98 Å². The van der Waals surface area contributed by atoms with Crippen LogP contribution >= 0.6 is 23.2 Å². The number of H-pyrrole nitrogens is 2. The van der Waals surface area contributed by atoms with Crippen molar-refractivity contribution >= 4 is 23.2 Å². The first-order chi connectivity index (χ1) is 15.6. The monoisotopic (exact) mass is 494 g/mol. The SMILES string of the molecule is N#Cc1nn(-c2cc(Cl)c(Oc3n[nH]c(=O)c4c3CC3C(C4)C3(F)F)c(Cl)c2)c(=O)[nH]c1=O. The van der Waals surface area contributed by atoms with Crippen molar-refractivity contribution in [3.05, 3.63) is 70.2 Å². The van der Waals surface area contributed by atoms with Crippen LogP contribution in [0.5, 0.6) is 11.6 Å². The fourth-order valence-corrected chi connectivity index (χ4v) is 4.53. The first-order valence-electron chi connectivity index (χ1n) is 9.41. The number of aromatic amines is 2. The fourth-order valence-electron chi connectivity index (χ4n) is 3.98. The van der Waals surface area contributed by atoms with Crippen LogP contribution < -0.4 is 21.5 Å². The van der Waals surface area contributed by atoms with Crippen LogP contribution in [-0.4, -0.2) is 30.9 Å². The molecule has 33 heavy (non-hydrogen) atoms. The molecule has 0 amide bonds. The molecule has 2 unspecified atom stereocenters. The average Bonchev–Trinajstić information content (AvgIpc) is 3.30. The quantitative estimate of drug-likeness (QED) is 0.565. The summed E-state index contributed by atoms with van der Waals surface area (Å²) in [6.07, 6.45) is -0.177. The maximum atomic E-state index is 13.9. The molecule has 1 aromatic carbocycles. The summed E-state index contributed by atoms with van der Waals surface area (Å²) in [7, 11) is 0. The van der Waals surface area contributed by atoms with E-state index in [-0.39, 0.29) is 51.3 Å². The van der Waals surface area contributed by atoms with Crippen LogP contribution in [0.15, 0.2) is 26.5 Å². The Labute approximate surface area is 191 Å². The number of fused-ring (bicyclic) bond motifs is 2. The first kappa shape index (κ1) is 21.3. The first-order valence-corrected chi connectivity index (χ1v) is 10.2. The average molecular weight is 495 g/mol. The third kappa shape index (κ3) is 3.32. The second kappa shape index (κ2) is 7.23. The smallest absolute Gasteiger partial charge is 0.349 e. The molecule has 0 spiro atoms. The second-order valence-electron chi connectivity index (χ2n) is 7.58. The molecular weight excluding hydrogens is 485 g/mol. The Bertz CT molecular complexity index is 1530. The van der Waals surface area contributed by atoms with E-state index in [4.69, 9.17) is 33.2 Å². The lowest BCUT2D eigenvalue weighted by Gasteiger charge is -2.17. The number of ether oxygens (including phenoxy) is 1. The molecule has 2 aliphatic carbocycles. The standard InChI is InChI=1S/C19H10Cl2F2N6O4/c20-11-1-6(29-18(32)25-16(31)13(5-24)28-29)2-12(21)14(11)33-17-8-4-10-9(19(10,22)23)3-7(8)15(30)26-27-17/h1-2,9-10H,3-4H2,(H,26,30)(H,25,31,32). The van der Waals surface area contributed by atoms with Gasteiger partial charge in [-0.05, 0) is 25.0 Å². The normalized spacial score (nSPS) is 19.8. The highest BCUT2D eigenvalue weighted by Crippen LogP contribution is 2.61. The van der Waals surface area contributed by atoms with Crippen LogP contribution in [0.4, 0.5) is 8.78 Å². The highest BCUT2D eigenvalue weighted by Gasteiger charge is 2.69. The van der Waals surface area contributed by atoms with Gasteiger partial charge in [0.15, 0.2) is 5.75 Å². The minimum absolute atomic E-state index is 0.0204. The summed E-state index contributed by atoms with van der Waals surface area (Å²) >= 11 is 12.6. The Hall–Kier alpha value is -3.56. The van der Waals surface area contributed by atoms with E-state index in [2.05, 4.69) is 15.3 Å². The summed E-state index contributed by atoms with van der Waals surface area (Å²) < 4.78 is 34.2. The Morgan fingerprint density at radius 2 is 1.76 bits per heavy atom. The van der Waals surface area contributed by atoms with Gasteiger partial charge in [-0.3, -0.25) is 14.6 Å². The molecule has 10 nitrogen and oxygen atoms in total. The van der Waals surface area contributed by atoms with E-state index >= 15 is 0 Å². The van der Waals surface area contributed by atoms with Gasteiger partial charge in [0.25, 0.3) is 17.0 Å². The van der Waals surface area contributed by atoms with E-state index in [1.165, 1.54) is 12.1 Å². The summed E-state index contributed by atoms with van der Waals surface area (Å²) in [4.78, 5) is 37.7. The minimum atomic E-state index is -2.85. The Morgan fingerprint density at radius 1 is 1.12 bits per heavy atom. The van der Waals surface area contributed by atoms with Crippen LogP contribution in [0, 0.1) is 23.2 Å². The maximum absolute atomic E-state index is 13.9. The number of nitriles is 1. The van der Waals surface area contributed by atoms with E-state index in [9.17, 15) is 23.2 Å². The molecule has 0 bridgehead atoms. The van der Waals surface area contributed by atoms with Crippen LogP contribution in [-0.2, 0) is 12.8 Å². The lowest BCUT2D eigenvalue weighted by molar-refractivity contribution is 0.0854. The van der Waals surface area contributed by atoms with Gasteiger partial charge in [0.1, 0.15) is 6.07 Å². The summed E-state index contributed by atoms with van der Waals surface area (Å²) in [5.74, 6) is -4.84. The van der Waals surface area contributed by atoms with Gasteiger partial charge in [-0.15, -0.1) is 10.2 Å². The molecule has 14 heteroatoms. The number of halogens is 4.